The molecule has 4 aromatic rings. The Hall–Kier alpha value is -3.55. The zero-order valence-corrected chi connectivity index (χ0v) is 22.7. The lowest BCUT2D eigenvalue weighted by molar-refractivity contribution is -0.253. The summed E-state index contributed by atoms with van der Waals surface area (Å²) < 4.78 is 13.0. The van der Waals surface area contributed by atoms with Crippen molar-refractivity contribution in [3.63, 3.8) is 0 Å². The number of anilines is 1. The molecule has 6 nitrogen and oxygen atoms in total. The quantitative estimate of drug-likeness (QED) is 0.274. The third-order valence-electron chi connectivity index (χ3n) is 7.53. The number of likely N-dealkylation sites (N-methyl/N-ethyl adjacent to an activating group) is 1. The summed E-state index contributed by atoms with van der Waals surface area (Å²) in [6.07, 6.45) is -0.0367. The molecule has 5 rings (SSSR count). The van der Waals surface area contributed by atoms with Crippen molar-refractivity contribution >= 4 is 22.4 Å². The van der Waals surface area contributed by atoms with Crippen molar-refractivity contribution in [2.45, 2.75) is 51.4 Å². The van der Waals surface area contributed by atoms with Gasteiger partial charge in [-0.05, 0) is 59.6 Å². The van der Waals surface area contributed by atoms with Crippen molar-refractivity contribution < 1.29 is 19.4 Å². The molecule has 1 amide bonds. The first-order valence-corrected chi connectivity index (χ1v) is 13.5. The van der Waals surface area contributed by atoms with Crippen LogP contribution >= 0.6 is 0 Å². The smallest absolute Gasteiger partial charge is 0.221 e. The highest BCUT2D eigenvalue weighted by atomic mass is 16.7. The molecule has 4 atom stereocenters. The van der Waals surface area contributed by atoms with Gasteiger partial charge in [-0.1, -0.05) is 72.8 Å². The van der Waals surface area contributed by atoms with Crippen molar-refractivity contribution in [1.29, 1.82) is 0 Å². The SMILES string of the molecule is CC(=O)Nc1ccc(C2OC(CN(C)C(C)c3ccc4ccccc4c3)CC(c3ccc(CO)cc3)O2)cc1. The fraction of sp³-hybridized carbons (Fsp3) is 0.303. The fourth-order valence-corrected chi connectivity index (χ4v) is 5.16. The van der Waals surface area contributed by atoms with Gasteiger partial charge in [-0.2, -0.15) is 0 Å². The van der Waals surface area contributed by atoms with Crippen molar-refractivity contribution in [1.82, 2.24) is 4.90 Å². The minimum atomic E-state index is -0.540. The number of rotatable bonds is 8. The molecule has 0 aromatic heterocycles. The van der Waals surface area contributed by atoms with Crippen LogP contribution in [-0.4, -0.2) is 35.6 Å². The van der Waals surface area contributed by atoms with E-state index in [4.69, 9.17) is 9.47 Å². The monoisotopic (exact) mass is 524 g/mol. The van der Waals surface area contributed by atoms with Gasteiger partial charge in [0.1, 0.15) is 0 Å². The van der Waals surface area contributed by atoms with E-state index in [1.165, 1.54) is 23.3 Å². The van der Waals surface area contributed by atoms with Gasteiger partial charge >= 0.3 is 0 Å². The molecular formula is C33H36N2O4. The van der Waals surface area contributed by atoms with E-state index in [1.54, 1.807) is 0 Å². The summed E-state index contributed by atoms with van der Waals surface area (Å²) in [6.45, 7) is 4.47. The van der Waals surface area contributed by atoms with Crippen LogP contribution in [0.4, 0.5) is 5.69 Å². The number of aliphatic hydroxyl groups is 1. The number of hydrogen-bond donors (Lipinski definition) is 2. The van der Waals surface area contributed by atoms with E-state index in [1.807, 2.05) is 48.5 Å². The lowest BCUT2D eigenvalue weighted by atomic mass is 9.98. The van der Waals surface area contributed by atoms with Gasteiger partial charge in [-0.25, -0.2) is 0 Å². The molecule has 1 heterocycles. The first kappa shape index (κ1) is 27.0. The van der Waals surface area contributed by atoms with E-state index in [0.717, 1.165) is 28.9 Å². The Morgan fingerprint density at radius 3 is 2.33 bits per heavy atom. The summed E-state index contributed by atoms with van der Waals surface area (Å²) in [5.41, 5.74) is 4.83. The second kappa shape index (κ2) is 12.1. The second-order valence-electron chi connectivity index (χ2n) is 10.4. The molecule has 202 valence electrons. The number of benzene rings is 4. The number of carbonyl (C=O) groups excluding carboxylic acids is 1. The van der Waals surface area contributed by atoms with E-state index in [-0.39, 0.29) is 30.8 Å². The van der Waals surface area contributed by atoms with Gasteiger partial charge in [-0.3, -0.25) is 9.69 Å². The van der Waals surface area contributed by atoms with E-state index in [9.17, 15) is 9.90 Å². The number of aliphatic hydroxyl groups excluding tert-OH is 1. The number of ether oxygens (including phenoxy) is 2. The Bertz CT molecular complexity index is 1400. The topological polar surface area (TPSA) is 71.0 Å². The molecule has 1 fully saturated rings. The molecule has 0 bridgehead atoms. The average molecular weight is 525 g/mol. The molecule has 1 aliphatic rings. The lowest BCUT2D eigenvalue weighted by Gasteiger charge is -2.39. The minimum absolute atomic E-state index is 0.0122. The van der Waals surface area contributed by atoms with Crippen LogP contribution in [0.5, 0.6) is 0 Å². The van der Waals surface area contributed by atoms with E-state index in [0.29, 0.717) is 6.42 Å². The molecule has 4 unspecified atom stereocenters. The molecule has 1 aliphatic heterocycles. The zero-order valence-electron chi connectivity index (χ0n) is 22.7. The van der Waals surface area contributed by atoms with Gasteiger partial charge in [0, 0.05) is 37.2 Å². The molecule has 6 heteroatoms. The van der Waals surface area contributed by atoms with Crippen molar-refractivity contribution in [2.24, 2.45) is 0 Å². The van der Waals surface area contributed by atoms with Crippen LogP contribution in [0.15, 0.2) is 91.0 Å². The Balaban J connectivity index is 1.35. The molecular weight excluding hydrogens is 488 g/mol. The first-order chi connectivity index (χ1) is 18.9. The van der Waals surface area contributed by atoms with Gasteiger partial charge in [0.25, 0.3) is 0 Å². The normalized spacial score (nSPS) is 20.2. The molecule has 0 spiro atoms. The molecule has 2 N–H and O–H groups in total. The summed E-state index contributed by atoms with van der Waals surface area (Å²) in [5, 5.41) is 14.8. The number of carbonyl (C=O) groups is 1. The summed E-state index contributed by atoms with van der Waals surface area (Å²) in [4.78, 5) is 13.8. The third kappa shape index (κ3) is 6.54. The maximum atomic E-state index is 11.4. The first-order valence-electron chi connectivity index (χ1n) is 13.5. The third-order valence-corrected chi connectivity index (χ3v) is 7.53. The molecule has 0 radical (unpaired) electrons. The summed E-state index contributed by atoms with van der Waals surface area (Å²) in [7, 11) is 2.14. The highest BCUT2D eigenvalue weighted by molar-refractivity contribution is 5.88. The lowest BCUT2D eigenvalue weighted by Crippen LogP contribution is -2.38. The van der Waals surface area contributed by atoms with E-state index in [2.05, 4.69) is 66.7 Å². The van der Waals surface area contributed by atoms with Crippen molar-refractivity contribution in [2.75, 3.05) is 18.9 Å². The number of hydrogen-bond acceptors (Lipinski definition) is 5. The maximum absolute atomic E-state index is 11.4. The standard InChI is InChI=1S/C33H36N2O4/c1-22(28-13-12-25-6-4-5-7-29(25)18-28)35(3)20-31-19-32(26-10-8-24(21-36)9-11-26)39-33(38-31)27-14-16-30(17-15-27)34-23(2)37/h4-18,22,31-33,36H,19-21H2,1-3H3,(H,34,37). The van der Waals surface area contributed by atoms with Crippen LogP contribution in [0.1, 0.15) is 61.0 Å². The number of fused-ring (bicyclic) bond motifs is 1. The Kier molecular flexibility index (Phi) is 8.38. The Labute approximate surface area is 230 Å². The van der Waals surface area contributed by atoms with Gasteiger partial charge in [0.05, 0.1) is 18.8 Å². The summed E-state index contributed by atoms with van der Waals surface area (Å²) >= 11 is 0. The zero-order chi connectivity index (χ0) is 27.4. The molecule has 39 heavy (non-hydrogen) atoms. The van der Waals surface area contributed by atoms with Gasteiger partial charge < -0.3 is 19.9 Å². The van der Waals surface area contributed by atoms with Crippen molar-refractivity contribution in [3.8, 4) is 0 Å². The van der Waals surface area contributed by atoms with Crippen LogP contribution in [0, 0.1) is 0 Å². The van der Waals surface area contributed by atoms with Gasteiger partial charge in [0.15, 0.2) is 6.29 Å². The Morgan fingerprint density at radius 1 is 0.949 bits per heavy atom. The van der Waals surface area contributed by atoms with Crippen LogP contribution in [0.2, 0.25) is 0 Å². The number of amides is 1. The predicted octanol–water partition coefficient (Wildman–Crippen LogP) is 6.53. The highest BCUT2D eigenvalue weighted by Crippen LogP contribution is 2.39. The molecule has 4 aromatic carbocycles. The molecule has 1 saturated heterocycles. The second-order valence-corrected chi connectivity index (χ2v) is 10.4. The summed E-state index contributed by atoms with van der Waals surface area (Å²) in [5.74, 6) is -0.108. The Morgan fingerprint density at radius 2 is 1.64 bits per heavy atom. The predicted molar refractivity (Wildman–Crippen MR) is 154 cm³/mol. The fourth-order valence-electron chi connectivity index (χ4n) is 5.16. The van der Waals surface area contributed by atoms with Gasteiger partial charge in [-0.15, -0.1) is 0 Å². The average Bonchev–Trinajstić information content (AvgIpc) is 2.96. The van der Waals surface area contributed by atoms with Gasteiger partial charge in [0.2, 0.25) is 5.91 Å². The summed E-state index contributed by atoms with van der Waals surface area (Å²) in [6, 6.07) is 30.8. The van der Waals surface area contributed by atoms with E-state index >= 15 is 0 Å². The maximum Gasteiger partial charge on any atom is 0.221 e. The largest absolute Gasteiger partial charge is 0.392 e. The highest BCUT2D eigenvalue weighted by Gasteiger charge is 2.33. The number of nitrogens with zero attached hydrogens (tertiary/aromatic N) is 1. The van der Waals surface area contributed by atoms with Crippen LogP contribution in [0.3, 0.4) is 0 Å². The van der Waals surface area contributed by atoms with Crippen molar-refractivity contribution in [3.05, 3.63) is 113 Å². The van der Waals surface area contributed by atoms with Crippen LogP contribution in [-0.2, 0) is 20.9 Å². The van der Waals surface area contributed by atoms with Crippen LogP contribution in [0.25, 0.3) is 10.8 Å². The van der Waals surface area contributed by atoms with E-state index < -0.39 is 6.29 Å². The minimum Gasteiger partial charge on any atom is -0.392 e. The van der Waals surface area contributed by atoms with Crippen LogP contribution < -0.4 is 5.32 Å². The molecule has 0 aliphatic carbocycles. The molecule has 0 saturated carbocycles. The number of nitrogens with one attached hydrogen (secondary N) is 1.